The quantitative estimate of drug-likeness (QED) is 0.527. The van der Waals surface area contributed by atoms with Gasteiger partial charge in [0.2, 0.25) is 0 Å². The Balaban J connectivity index is 1.79. The number of hydrogen-bond acceptors (Lipinski definition) is 8. The molecule has 0 aromatic heterocycles. The first-order chi connectivity index (χ1) is 15.4. The number of carbonyl (C=O) groups excluding carboxylic acids is 3. The molecule has 1 aromatic carbocycles. The zero-order chi connectivity index (χ0) is 22.8. The fraction of sp³-hybridized carbons (Fsp3) is 0.500. The van der Waals surface area contributed by atoms with Gasteiger partial charge in [-0.05, 0) is 36.5 Å². The molecule has 6 rings (SSSR count). The molecule has 0 N–H and O–H groups in total. The van der Waals surface area contributed by atoms with E-state index in [0.717, 1.165) is 22.5 Å². The standard InChI is InChI=1S/C24H26N2O6/c1-5-14-15-10-19-22-24(20(15)23(29)30-4,16-8-6-7-9-18(16)25-22)17(11-31-12(2)27)21(14)26(19)32-13(3)28/h5-9,15,17,19-21H,10-11H2,1-4H3. The maximum atomic E-state index is 13.3. The summed E-state index contributed by atoms with van der Waals surface area (Å²) in [6.45, 7) is 4.73. The minimum absolute atomic E-state index is 0.0649. The summed E-state index contributed by atoms with van der Waals surface area (Å²) in [4.78, 5) is 47.9. The van der Waals surface area contributed by atoms with Gasteiger partial charge in [0.1, 0.15) is 0 Å². The molecule has 3 heterocycles. The second kappa shape index (κ2) is 7.27. The lowest BCUT2D eigenvalue weighted by atomic mass is 9.42. The van der Waals surface area contributed by atoms with Crippen LogP contribution < -0.4 is 0 Å². The summed E-state index contributed by atoms with van der Waals surface area (Å²) >= 11 is 0. The summed E-state index contributed by atoms with van der Waals surface area (Å²) in [5.41, 5.74) is 2.74. The number of hydrogen-bond donors (Lipinski definition) is 0. The average molecular weight is 438 g/mol. The number of rotatable bonds is 4. The highest BCUT2D eigenvalue weighted by Gasteiger charge is 2.75. The summed E-state index contributed by atoms with van der Waals surface area (Å²) in [5.74, 6) is -2.10. The van der Waals surface area contributed by atoms with Gasteiger partial charge in [-0.3, -0.25) is 19.4 Å². The van der Waals surface area contributed by atoms with E-state index in [9.17, 15) is 14.4 Å². The molecule has 4 fully saturated rings. The van der Waals surface area contributed by atoms with Crippen LogP contribution in [0.5, 0.6) is 0 Å². The Hall–Kier alpha value is -3.00. The topological polar surface area (TPSA) is 94.5 Å². The summed E-state index contributed by atoms with van der Waals surface area (Å²) in [6.07, 6.45) is 2.59. The van der Waals surface area contributed by atoms with Gasteiger partial charge in [-0.25, -0.2) is 0 Å². The van der Waals surface area contributed by atoms with Gasteiger partial charge in [-0.15, -0.1) is 5.06 Å². The maximum Gasteiger partial charge on any atom is 0.322 e. The van der Waals surface area contributed by atoms with Crippen LogP contribution in [0.2, 0.25) is 0 Å². The van der Waals surface area contributed by atoms with Crippen LogP contribution in [0.4, 0.5) is 5.69 Å². The molecule has 0 radical (unpaired) electrons. The van der Waals surface area contributed by atoms with Gasteiger partial charge in [0, 0.05) is 19.8 Å². The summed E-state index contributed by atoms with van der Waals surface area (Å²) in [5, 5.41) is 1.72. The molecular formula is C24H26N2O6. The lowest BCUT2D eigenvalue weighted by Gasteiger charge is -2.66. The van der Waals surface area contributed by atoms with E-state index in [2.05, 4.69) is 0 Å². The number of esters is 2. The Bertz CT molecular complexity index is 1080. The lowest BCUT2D eigenvalue weighted by molar-refractivity contribution is -0.240. The summed E-state index contributed by atoms with van der Waals surface area (Å²) in [7, 11) is 1.41. The highest BCUT2D eigenvalue weighted by Crippen LogP contribution is 2.66. The van der Waals surface area contributed by atoms with Crippen molar-refractivity contribution in [2.75, 3.05) is 13.7 Å². The Morgan fingerprint density at radius 3 is 2.62 bits per heavy atom. The Kier molecular flexibility index (Phi) is 4.74. The van der Waals surface area contributed by atoms with Crippen molar-refractivity contribution in [3.05, 3.63) is 41.5 Å². The molecule has 5 aliphatic rings. The summed E-state index contributed by atoms with van der Waals surface area (Å²) in [6, 6.07) is 7.18. The van der Waals surface area contributed by atoms with E-state index in [-0.39, 0.29) is 36.5 Å². The highest BCUT2D eigenvalue weighted by molar-refractivity contribution is 6.10. The fourth-order valence-electron chi connectivity index (χ4n) is 6.72. The van der Waals surface area contributed by atoms with Crippen molar-refractivity contribution >= 4 is 29.3 Å². The molecule has 6 unspecified atom stereocenters. The van der Waals surface area contributed by atoms with Crippen molar-refractivity contribution in [2.24, 2.45) is 22.7 Å². The zero-order valence-corrected chi connectivity index (χ0v) is 18.5. The van der Waals surface area contributed by atoms with Crippen molar-refractivity contribution in [3.63, 3.8) is 0 Å². The first-order valence-corrected chi connectivity index (χ1v) is 10.9. The number of piperidine rings is 2. The van der Waals surface area contributed by atoms with Crippen LogP contribution >= 0.6 is 0 Å². The van der Waals surface area contributed by atoms with E-state index in [1.54, 1.807) is 5.06 Å². The molecule has 4 bridgehead atoms. The van der Waals surface area contributed by atoms with Crippen molar-refractivity contribution in [3.8, 4) is 0 Å². The molecule has 32 heavy (non-hydrogen) atoms. The number of allylic oxidation sites excluding steroid dienone is 1. The third-order valence-corrected chi connectivity index (χ3v) is 7.51. The molecular weight excluding hydrogens is 412 g/mol. The smallest absolute Gasteiger partial charge is 0.322 e. The van der Waals surface area contributed by atoms with E-state index in [1.807, 2.05) is 37.3 Å². The van der Waals surface area contributed by atoms with E-state index >= 15 is 0 Å². The molecule has 6 atom stereocenters. The first-order valence-electron chi connectivity index (χ1n) is 10.9. The van der Waals surface area contributed by atoms with Crippen LogP contribution in [0.3, 0.4) is 0 Å². The van der Waals surface area contributed by atoms with E-state index in [0.29, 0.717) is 6.42 Å². The molecule has 2 aliphatic carbocycles. The third kappa shape index (κ3) is 2.53. The van der Waals surface area contributed by atoms with Gasteiger partial charge in [0.25, 0.3) is 0 Å². The molecule has 8 heteroatoms. The number of methoxy groups -OCH3 is 1. The highest BCUT2D eigenvalue weighted by atomic mass is 16.7. The molecule has 2 saturated carbocycles. The summed E-state index contributed by atoms with van der Waals surface area (Å²) < 4.78 is 10.9. The largest absolute Gasteiger partial charge is 0.469 e. The van der Waals surface area contributed by atoms with Gasteiger partial charge in [-0.1, -0.05) is 24.3 Å². The van der Waals surface area contributed by atoms with Gasteiger partial charge >= 0.3 is 17.9 Å². The molecule has 3 aliphatic heterocycles. The SMILES string of the molecule is CC=C1C2CC3C4=Nc5ccccc5C4(C(COC(C)=O)C1N3OC(C)=O)C2C(=O)OC. The van der Waals surface area contributed by atoms with Gasteiger partial charge < -0.3 is 14.3 Å². The average Bonchev–Trinajstić information content (AvgIpc) is 3.10. The van der Waals surface area contributed by atoms with Crippen LogP contribution in [0, 0.1) is 17.8 Å². The number of aliphatic imine (C=N–C) groups is 1. The number of benzene rings is 1. The number of ether oxygens (including phenoxy) is 2. The predicted molar refractivity (Wildman–Crippen MR) is 114 cm³/mol. The molecule has 2 saturated heterocycles. The van der Waals surface area contributed by atoms with Crippen molar-refractivity contribution in [1.29, 1.82) is 0 Å². The molecule has 1 aromatic rings. The van der Waals surface area contributed by atoms with Crippen molar-refractivity contribution in [1.82, 2.24) is 5.06 Å². The number of hydroxylamine groups is 2. The number of nitrogens with zero attached hydrogens (tertiary/aromatic N) is 2. The maximum absolute atomic E-state index is 13.3. The van der Waals surface area contributed by atoms with Crippen LogP contribution in [0.1, 0.15) is 32.8 Å². The normalized spacial score (nSPS) is 35.2. The molecule has 0 amide bonds. The first kappa shape index (κ1) is 20.9. The minimum Gasteiger partial charge on any atom is -0.469 e. The monoisotopic (exact) mass is 438 g/mol. The number of para-hydroxylation sites is 1. The molecule has 168 valence electrons. The van der Waals surface area contributed by atoms with Crippen molar-refractivity contribution in [2.45, 2.75) is 44.7 Å². The zero-order valence-electron chi connectivity index (χ0n) is 18.5. The minimum atomic E-state index is -0.791. The Morgan fingerprint density at radius 2 is 1.97 bits per heavy atom. The van der Waals surface area contributed by atoms with Crippen LogP contribution in [0.15, 0.2) is 40.9 Å². The van der Waals surface area contributed by atoms with E-state index < -0.39 is 23.3 Å². The van der Waals surface area contributed by atoms with Crippen molar-refractivity contribution < 1.29 is 28.7 Å². The van der Waals surface area contributed by atoms with Gasteiger partial charge in [-0.2, -0.15) is 0 Å². The third-order valence-electron chi connectivity index (χ3n) is 7.51. The number of fused-ring (bicyclic) bond motifs is 1. The van der Waals surface area contributed by atoms with E-state index in [1.165, 1.54) is 21.0 Å². The van der Waals surface area contributed by atoms with Gasteiger partial charge in [0.15, 0.2) is 0 Å². The Morgan fingerprint density at radius 1 is 1.22 bits per heavy atom. The fourth-order valence-corrected chi connectivity index (χ4v) is 6.72. The van der Waals surface area contributed by atoms with E-state index in [4.69, 9.17) is 19.3 Å². The second-order valence-corrected chi connectivity index (χ2v) is 8.83. The van der Waals surface area contributed by atoms with Crippen LogP contribution in [0.25, 0.3) is 0 Å². The second-order valence-electron chi connectivity index (χ2n) is 8.83. The molecule has 1 spiro atoms. The van der Waals surface area contributed by atoms with Gasteiger partial charge in [0.05, 0.1) is 48.5 Å². The predicted octanol–water partition coefficient (Wildman–Crippen LogP) is 2.49. The molecule has 8 nitrogen and oxygen atoms in total. The van der Waals surface area contributed by atoms with Crippen LogP contribution in [-0.4, -0.2) is 54.5 Å². The Labute approximate surface area is 186 Å². The number of carbonyl (C=O) groups is 3. The van der Waals surface area contributed by atoms with Crippen LogP contribution in [-0.2, 0) is 34.1 Å². The lowest BCUT2D eigenvalue weighted by Crippen LogP contribution is -2.78.